The highest BCUT2D eigenvalue weighted by atomic mass is 31.2. The predicted octanol–water partition coefficient (Wildman–Crippen LogP) is -0.164. The highest BCUT2D eigenvalue weighted by molar-refractivity contribution is 7.70. The molecule has 0 aliphatic carbocycles. The summed E-state index contributed by atoms with van der Waals surface area (Å²) in [6, 6.07) is 2.50. The summed E-state index contributed by atoms with van der Waals surface area (Å²) in [6.07, 6.45) is 2.62. The van der Waals surface area contributed by atoms with Crippen molar-refractivity contribution in [3.8, 4) is 0 Å². The molecular formula is C10H18N5O6P2+. The van der Waals surface area contributed by atoms with E-state index in [0.29, 0.717) is 12.1 Å². The molecule has 23 heavy (non-hydrogen) atoms. The summed E-state index contributed by atoms with van der Waals surface area (Å²) in [5.41, 5.74) is 14.2. The van der Waals surface area contributed by atoms with Crippen LogP contribution in [0.5, 0.6) is 0 Å². The van der Waals surface area contributed by atoms with Crippen molar-refractivity contribution in [2.75, 3.05) is 6.54 Å². The Balaban J connectivity index is 2.90. The maximum Gasteiger partial charge on any atom is 0.341 e. The second-order valence-corrected chi connectivity index (χ2v) is 8.87. The van der Waals surface area contributed by atoms with Gasteiger partial charge in [0, 0.05) is 23.6 Å². The molecule has 0 amide bonds. The number of hydrogen-bond donors (Lipinski definition) is 5. The van der Waals surface area contributed by atoms with Gasteiger partial charge in [0.25, 0.3) is 0 Å². The third kappa shape index (κ3) is 6.39. The van der Waals surface area contributed by atoms with Gasteiger partial charge in [0.1, 0.15) is 6.04 Å². The summed E-state index contributed by atoms with van der Waals surface area (Å²) in [7, 11) is -9.91. The van der Waals surface area contributed by atoms with Crippen LogP contribution in [0.4, 0.5) is 0 Å². The van der Waals surface area contributed by atoms with E-state index >= 15 is 0 Å². The van der Waals surface area contributed by atoms with Crippen molar-refractivity contribution < 1.29 is 33.3 Å². The van der Waals surface area contributed by atoms with Crippen LogP contribution < -0.4 is 10.3 Å². The first kappa shape index (κ1) is 19.8. The lowest BCUT2D eigenvalue weighted by Crippen LogP contribution is -2.41. The molecule has 0 aliphatic rings. The van der Waals surface area contributed by atoms with Gasteiger partial charge < -0.3 is 25.3 Å². The molecule has 0 fully saturated rings. The third-order valence-corrected chi connectivity index (χ3v) is 6.79. The molecule has 1 heterocycles. The van der Waals surface area contributed by atoms with E-state index in [-0.39, 0.29) is 6.54 Å². The van der Waals surface area contributed by atoms with Crippen molar-refractivity contribution in [3.63, 3.8) is 0 Å². The second kappa shape index (κ2) is 8.01. The number of pyridine rings is 1. The maximum atomic E-state index is 11.2. The quantitative estimate of drug-likeness (QED) is 0.138. The molecule has 1 rings (SSSR count). The fourth-order valence-electron chi connectivity index (χ4n) is 1.87. The Bertz CT molecular complexity index is 643. The highest BCUT2D eigenvalue weighted by Crippen LogP contribution is 2.60. The molecule has 1 atom stereocenters. The van der Waals surface area contributed by atoms with Crippen LogP contribution in [0.25, 0.3) is 10.4 Å². The van der Waals surface area contributed by atoms with Crippen LogP contribution in [-0.4, -0.2) is 37.6 Å². The molecule has 0 saturated heterocycles. The number of azide groups is 1. The molecule has 0 aromatic carbocycles. The fourth-order valence-corrected chi connectivity index (χ4v) is 4.33. The molecule has 128 valence electrons. The molecule has 0 radical (unpaired) electrons. The van der Waals surface area contributed by atoms with Crippen molar-refractivity contribution in [1.82, 2.24) is 0 Å². The highest BCUT2D eigenvalue weighted by Gasteiger charge is 2.43. The van der Waals surface area contributed by atoms with Crippen LogP contribution >= 0.6 is 15.2 Å². The number of rotatable bonds is 8. The Kier molecular flexibility index (Phi) is 6.88. The Hall–Kier alpha value is -1.28. The lowest BCUT2D eigenvalue weighted by Gasteiger charge is -2.19. The summed E-state index contributed by atoms with van der Waals surface area (Å²) in [5, 5.41) is 1.42. The lowest BCUT2D eigenvalue weighted by molar-refractivity contribution is -0.698. The van der Waals surface area contributed by atoms with Crippen LogP contribution in [0.2, 0.25) is 0 Å². The molecule has 6 N–H and O–H groups in total. The van der Waals surface area contributed by atoms with Crippen LogP contribution in [0.1, 0.15) is 5.56 Å². The van der Waals surface area contributed by atoms with Gasteiger partial charge in [0.05, 0.1) is 0 Å². The predicted molar refractivity (Wildman–Crippen MR) is 80.2 cm³/mol. The van der Waals surface area contributed by atoms with E-state index in [1.54, 1.807) is 17.0 Å². The minimum absolute atomic E-state index is 0.150. The van der Waals surface area contributed by atoms with Crippen LogP contribution in [0.3, 0.4) is 0 Å². The summed E-state index contributed by atoms with van der Waals surface area (Å²) in [4.78, 5) is 39.0. The zero-order valence-electron chi connectivity index (χ0n) is 12.0. The van der Waals surface area contributed by atoms with E-state index in [0.717, 1.165) is 0 Å². The van der Waals surface area contributed by atoms with E-state index in [2.05, 4.69) is 10.0 Å². The fraction of sp³-hybridized carbons (Fsp3) is 0.500. The zero-order chi connectivity index (χ0) is 17.7. The minimum atomic E-state index is -4.95. The van der Waals surface area contributed by atoms with Gasteiger partial charge in [-0.15, -0.1) is 0 Å². The van der Waals surface area contributed by atoms with Crippen LogP contribution in [0.15, 0.2) is 29.6 Å². The number of nitrogens with zero attached hydrogens (tertiary/aromatic N) is 4. The summed E-state index contributed by atoms with van der Waals surface area (Å²) in [6.45, 7) is 0.457. The smallest absolute Gasteiger partial charge is 0.330 e. The maximum absolute atomic E-state index is 11.2. The number of aromatic nitrogens is 1. The van der Waals surface area contributed by atoms with Crippen molar-refractivity contribution in [1.29, 1.82) is 0 Å². The van der Waals surface area contributed by atoms with Gasteiger partial charge in [0.15, 0.2) is 24.3 Å². The number of nitrogens with two attached hydrogens (primary N) is 1. The molecular weight excluding hydrogens is 348 g/mol. The second-order valence-electron chi connectivity index (χ2n) is 4.86. The Labute approximate surface area is 131 Å². The molecule has 1 unspecified atom stereocenters. The van der Waals surface area contributed by atoms with Gasteiger partial charge in [-0.1, -0.05) is 5.11 Å². The first-order valence-electron chi connectivity index (χ1n) is 6.40. The molecule has 0 spiro atoms. The van der Waals surface area contributed by atoms with Gasteiger partial charge in [-0.25, -0.2) is 4.57 Å². The minimum Gasteiger partial charge on any atom is -0.330 e. The van der Waals surface area contributed by atoms with Crippen molar-refractivity contribution in [3.05, 3.63) is 40.5 Å². The van der Waals surface area contributed by atoms with E-state index < -0.39 is 33.1 Å². The summed E-state index contributed by atoms with van der Waals surface area (Å²) in [5.74, 6) is 0. The van der Waals surface area contributed by atoms with Gasteiger partial charge in [0.2, 0.25) is 0 Å². The normalized spacial score (nSPS) is 13.7. The van der Waals surface area contributed by atoms with Crippen molar-refractivity contribution in [2.24, 2.45) is 10.8 Å². The Morgan fingerprint density at radius 3 is 2.13 bits per heavy atom. The van der Waals surface area contributed by atoms with Gasteiger partial charge >= 0.3 is 15.2 Å². The Morgan fingerprint density at radius 2 is 1.74 bits per heavy atom. The number of hydrogen-bond acceptors (Lipinski definition) is 4. The molecule has 1 aromatic rings. The monoisotopic (exact) mass is 366 g/mol. The van der Waals surface area contributed by atoms with Gasteiger partial charge in [-0.2, -0.15) is 0 Å². The third-order valence-electron chi connectivity index (χ3n) is 3.06. The van der Waals surface area contributed by atoms with Gasteiger partial charge in [-0.3, -0.25) is 9.13 Å². The van der Waals surface area contributed by atoms with Crippen molar-refractivity contribution in [2.45, 2.75) is 24.4 Å². The standard InChI is InChI=1S/C10H17N5O6P2/c11-6-9(13-14-12)7-15-3-1-8(2-4-15)5-10(22(16,17)18)23(19,20)21/h1-4,9-10H,5-7,11H2,(H3-,16,17,18,19,20,21)/p+1. The largest absolute Gasteiger partial charge is 0.341 e. The van der Waals surface area contributed by atoms with Gasteiger partial charge in [-0.05, 0) is 17.5 Å². The van der Waals surface area contributed by atoms with Crippen LogP contribution in [0, 0.1) is 0 Å². The molecule has 11 nitrogen and oxygen atoms in total. The Morgan fingerprint density at radius 1 is 1.22 bits per heavy atom. The van der Waals surface area contributed by atoms with Crippen LogP contribution in [-0.2, 0) is 22.1 Å². The van der Waals surface area contributed by atoms with Crippen molar-refractivity contribution >= 4 is 15.2 Å². The summed E-state index contributed by atoms with van der Waals surface area (Å²) >= 11 is 0. The molecule has 0 aliphatic heterocycles. The molecule has 0 saturated carbocycles. The topological polar surface area (TPSA) is 194 Å². The average Bonchev–Trinajstić information content (AvgIpc) is 2.43. The molecule has 0 bridgehead atoms. The van der Waals surface area contributed by atoms with E-state index in [1.165, 1.54) is 12.1 Å². The van der Waals surface area contributed by atoms with E-state index in [9.17, 15) is 9.13 Å². The SMILES string of the molecule is [N-]=[N+]=NC(CN)C[n+]1ccc(CC(P(=O)(O)O)P(=O)(O)O)cc1. The summed E-state index contributed by atoms with van der Waals surface area (Å²) < 4.78 is 24.1. The lowest BCUT2D eigenvalue weighted by atomic mass is 10.2. The van der Waals surface area contributed by atoms with E-state index in [4.69, 9.17) is 30.8 Å². The zero-order valence-corrected chi connectivity index (χ0v) is 13.7. The van der Waals surface area contributed by atoms with E-state index in [1.807, 2.05) is 0 Å². The molecule has 13 heteroatoms. The first-order chi connectivity index (χ1) is 10.6. The average molecular weight is 366 g/mol. The first-order valence-corrected chi connectivity index (χ1v) is 9.77. The molecule has 1 aromatic heterocycles.